The van der Waals surface area contributed by atoms with Gasteiger partial charge in [-0.15, -0.1) is 0 Å². The fourth-order valence-electron chi connectivity index (χ4n) is 3.03. The van der Waals surface area contributed by atoms with Crippen LogP contribution in [0.4, 0.5) is 0 Å². The summed E-state index contributed by atoms with van der Waals surface area (Å²) in [5.74, 6) is 0.305. The quantitative estimate of drug-likeness (QED) is 0.805. The summed E-state index contributed by atoms with van der Waals surface area (Å²) in [4.78, 5) is 23.4. The topological polar surface area (TPSA) is 88.8 Å². The van der Waals surface area contributed by atoms with Crippen molar-refractivity contribution in [1.82, 2.24) is 5.32 Å². The Kier molecular flexibility index (Phi) is 6.21. The summed E-state index contributed by atoms with van der Waals surface area (Å²) in [7, 11) is 1.58. The predicted molar refractivity (Wildman–Crippen MR) is 83.9 cm³/mol. The molecule has 1 unspecified atom stereocenters. The summed E-state index contributed by atoms with van der Waals surface area (Å²) in [5, 5.41) is 12.0. The van der Waals surface area contributed by atoms with E-state index in [1.165, 1.54) is 0 Å². The number of ether oxygens (including phenoxy) is 1. The average Bonchev–Trinajstić information content (AvgIpc) is 3.03. The van der Waals surface area contributed by atoms with E-state index in [4.69, 9.17) is 14.3 Å². The number of furan rings is 1. The van der Waals surface area contributed by atoms with Gasteiger partial charge in [0.2, 0.25) is 5.91 Å². The number of carbonyl (C=O) groups is 2. The first-order valence-corrected chi connectivity index (χ1v) is 8.15. The molecule has 0 spiro atoms. The Morgan fingerprint density at radius 2 is 1.96 bits per heavy atom. The van der Waals surface area contributed by atoms with Gasteiger partial charge in [0.05, 0.1) is 12.5 Å². The standard InChI is InChI=1S/C17H25NO5/c1-3-13-8-9-15(23-13)14(10-22-2)18-16(19)11-4-6-12(7-5-11)17(20)21/h8-9,11-12,14H,3-7,10H2,1-2H3,(H,18,19)(H,20,21). The molecule has 1 heterocycles. The minimum atomic E-state index is -0.760. The minimum absolute atomic E-state index is 0.0506. The maximum Gasteiger partial charge on any atom is 0.306 e. The Morgan fingerprint density at radius 1 is 1.30 bits per heavy atom. The number of carboxylic acids is 1. The molecule has 1 fully saturated rings. The maximum atomic E-state index is 12.5. The van der Waals surface area contributed by atoms with Gasteiger partial charge in [0.1, 0.15) is 17.6 Å². The Hall–Kier alpha value is -1.82. The summed E-state index contributed by atoms with van der Waals surface area (Å²) >= 11 is 0. The lowest BCUT2D eigenvalue weighted by Crippen LogP contribution is -2.38. The third-order valence-electron chi connectivity index (χ3n) is 4.47. The van der Waals surface area contributed by atoms with E-state index in [2.05, 4.69) is 5.32 Å². The number of methoxy groups -OCH3 is 1. The number of amides is 1. The number of carbonyl (C=O) groups excluding carboxylic acids is 1. The molecule has 1 aromatic heterocycles. The molecule has 1 atom stereocenters. The highest BCUT2D eigenvalue weighted by Gasteiger charge is 2.31. The zero-order valence-corrected chi connectivity index (χ0v) is 13.7. The number of rotatable bonds is 7. The molecule has 0 saturated heterocycles. The third kappa shape index (κ3) is 4.58. The van der Waals surface area contributed by atoms with E-state index < -0.39 is 5.97 Å². The summed E-state index contributed by atoms with van der Waals surface area (Å²) in [6.45, 7) is 2.35. The van der Waals surface area contributed by atoms with Crippen molar-refractivity contribution in [3.63, 3.8) is 0 Å². The van der Waals surface area contributed by atoms with Gasteiger partial charge in [-0.1, -0.05) is 6.92 Å². The number of carboxylic acid groups (broad SMARTS) is 1. The van der Waals surface area contributed by atoms with E-state index >= 15 is 0 Å². The highest BCUT2D eigenvalue weighted by Crippen LogP contribution is 2.29. The summed E-state index contributed by atoms with van der Waals surface area (Å²) < 4.78 is 10.9. The van der Waals surface area contributed by atoms with E-state index in [9.17, 15) is 9.59 Å². The normalized spacial score (nSPS) is 22.5. The van der Waals surface area contributed by atoms with Crippen LogP contribution in [-0.4, -0.2) is 30.7 Å². The second kappa shape index (κ2) is 8.15. The molecule has 1 aromatic rings. The molecule has 2 N–H and O–H groups in total. The lowest BCUT2D eigenvalue weighted by Gasteiger charge is -2.26. The highest BCUT2D eigenvalue weighted by atomic mass is 16.5. The monoisotopic (exact) mass is 323 g/mol. The molecule has 128 valence electrons. The second-order valence-corrected chi connectivity index (χ2v) is 6.06. The third-order valence-corrected chi connectivity index (χ3v) is 4.47. The molecular weight excluding hydrogens is 298 g/mol. The summed E-state index contributed by atoms with van der Waals surface area (Å²) in [6.07, 6.45) is 3.14. The molecular formula is C17H25NO5. The van der Waals surface area contributed by atoms with Crippen molar-refractivity contribution < 1.29 is 23.8 Å². The van der Waals surface area contributed by atoms with Crippen LogP contribution in [0.2, 0.25) is 0 Å². The molecule has 2 rings (SSSR count). The van der Waals surface area contributed by atoms with Crippen molar-refractivity contribution in [2.75, 3.05) is 13.7 Å². The Bertz CT molecular complexity index is 531. The molecule has 0 bridgehead atoms. The smallest absolute Gasteiger partial charge is 0.306 e. The number of nitrogens with one attached hydrogen (secondary N) is 1. The van der Waals surface area contributed by atoms with Gasteiger partial charge >= 0.3 is 5.97 Å². The zero-order valence-electron chi connectivity index (χ0n) is 13.7. The summed E-state index contributed by atoms with van der Waals surface area (Å²) in [5.41, 5.74) is 0. The molecule has 1 aliphatic rings. The highest BCUT2D eigenvalue weighted by molar-refractivity contribution is 5.79. The van der Waals surface area contributed by atoms with Gasteiger partial charge in [-0.05, 0) is 37.8 Å². The largest absolute Gasteiger partial charge is 0.481 e. The average molecular weight is 323 g/mol. The van der Waals surface area contributed by atoms with Crippen LogP contribution in [0.25, 0.3) is 0 Å². The van der Waals surface area contributed by atoms with Crippen molar-refractivity contribution in [3.05, 3.63) is 23.7 Å². The molecule has 1 aliphatic carbocycles. The fraction of sp³-hybridized carbons (Fsp3) is 0.647. The van der Waals surface area contributed by atoms with Gasteiger partial charge in [0.25, 0.3) is 0 Å². The van der Waals surface area contributed by atoms with Crippen molar-refractivity contribution in [2.45, 2.75) is 45.1 Å². The molecule has 1 amide bonds. The van der Waals surface area contributed by atoms with E-state index in [1.54, 1.807) is 7.11 Å². The summed E-state index contributed by atoms with van der Waals surface area (Å²) in [6, 6.07) is 3.46. The van der Waals surface area contributed by atoms with Crippen LogP contribution in [0.1, 0.15) is 50.2 Å². The molecule has 0 aliphatic heterocycles. The van der Waals surface area contributed by atoms with Crippen LogP contribution < -0.4 is 5.32 Å². The van der Waals surface area contributed by atoms with E-state index in [0.29, 0.717) is 38.1 Å². The Morgan fingerprint density at radius 3 is 2.48 bits per heavy atom. The van der Waals surface area contributed by atoms with Crippen LogP contribution in [0.3, 0.4) is 0 Å². The van der Waals surface area contributed by atoms with E-state index in [-0.39, 0.29) is 23.8 Å². The molecule has 6 heteroatoms. The first kappa shape index (κ1) is 17.5. The van der Waals surface area contributed by atoms with Crippen LogP contribution >= 0.6 is 0 Å². The van der Waals surface area contributed by atoms with Crippen LogP contribution in [0.15, 0.2) is 16.5 Å². The van der Waals surface area contributed by atoms with E-state index in [0.717, 1.165) is 12.2 Å². The zero-order chi connectivity index (χ0) is 16.8. The molecule has 0 radical (unpaired) electrons. The molecule has 6 nitrogen and oxygen atoms in total. The van der Waals surface area contributed by atoms with Gasteiger partial charge in [0.15, 0.2) is 0 Å². The van der Waals surface area contributed by atoms with Crippen LogP contribution in [0.5, 0.6) is 0 Å². The first-order valence-electron chi connectivity index (χ1n) is 8.15. The van der Waals surface area contributed by atoms with E-state index in [1.807, 2.05) is 19.1 Å². The first-order chi connectivity index (χ1) is 11.0. The van der Waals surface area contributed by atoms with Gasteiger partial charge in [-0.2, -0.15) is 0 Å². The molecule has 23 heavy (non-hydrogen) atoms. The van der Waals surface area contributed by atoms with Crippen LogP contribution in [0, 0.1) is 11.8 Å². The molecule has 0 aromatic carbocycles. The van der Waals surface area contributed by atoms with Gasteiger partial charge < -0.3 is 19.6 Å². The predicted octanol–water partition coefficient (Wildman–Crippen LogP) is 2.54. The number of aryl methyl sites for hydroxylation is 1. The van der Waals surface area contributed by atoms with Gasteiger partial charge in [-0.25, -0.2) is 0 Å². The fourth-order valence-corrected chi connectivity index (χ4v) is 3.03. The molecule has 1 saturated carbocycles. The SMILES string of the molecule is CCc1ccc(C(COC)NC(=O)C2CCC(C(=O)O)CC2)o1. The van der Waals surface area contributed by atoms with Crippen molar-refractivity contribution in [1.29, 1.82) is 0 Å². The van der Waals surface area contributed by atoms with Gasteiger partial charge in [-0.3, -0.25) is 9.59 Å². The van der Waals surface area contributed by atoms with Crippen molar-refractivity contribution in [3.8, 4) is 0 Å². The van der Waals surface area contributed by atoms with Crippen LogP contribution in [-0.2, 0) is 20.7 Å². The second-order valence-electron chi connectivity index (χ2n) is 6.06. The number of hydrogen-bond donors (Lipinski definition) is 2. The lowest BCUT2D eigenvalue weighted by atomic mass is 9.81. The van der Waals surface area contributed by atoms with Crippen molar-refractivity contribution in [2.24, 2.45) is 11.8 Å². The minimum Gasteiger partial charge on any atom is -0.481 e. The Balaban J connectivity index is 1.94. The number of aliphatic carboxylic acids is 1. The Labute approximate surface area is 136 Å². The van der Waals surface area contributed by atoms with Gasteiger partial charge in [0, 0.05) is 19.4 Å². The lowest BCUT2D eigenvalue weighted by molar-refractivity contribution is -0.144. The maximum absolute atomic E-state index is 12.5. The van der Waals surface area contributed by atoms with Crippen molar-refractivity contribution >= 4 is 11.9 Å². The number of hydrogen-bond acceptors (Lipinski definition) is 4.